The zero-order valence-electron chi connectivity index (χ0n) is 23.3. The molecule has 8 nitrogen and oxygen atoms in total. The second kappa shape index (κ2) is 16.7. The SMILES string of the molecule is C#C/C=C(\C=C(/C)C(=O)NCCCN(CC)CCC(=O)OCC)C(c1cccc(O)c1)N1CCNCC1C. The van der Waals surface area contributed by atoms with E-state index in [1.807, 2.05) is 18.2 Å². The van der Waals surface area contributed by atoms with Gasteiger partial charge in [0.2, 0.25) is 5.91 Å². The van der Waals surface area contributed by atoms with Gasteiger partial charge in [-0.05, 0) is 75.7 Å². The van der Waals surface area contributed by atoms with Gasteiger partial charge in [0.05, 0.1) is 19.1 Å². The molecular formula is C30H44N4O4. The smallest absolute Gasteiger partial charge is 0.307 e. The lowest BCUT2D eigenvalue weighted by molar-refractivity contribution is -0.143. The third-order valence-electron chi connectivity index (χ3n) is 6.70. The summed E-state index contributed by atoms with van der Waals surface area (Å²) in [7, 11) is 0. The van der Waals surface area contributed by atoms with Crippen LogP contribution in [0.5, 0.6) is 5.75 Å². The molecule has 1 aromatic rings. The van der Waals surface area contributed by atoms with Crippen molar-refractivity contribution in [1.82, 2.24) is 20.4 Å². The number of hydrogen-bond acceptors (Lipinski definition) is 7. The molecule has 0 saturated carbocycles. The minimum Gasteiger partial charge on any atom is -0.508 e. The van der Waals surface area contributed by atoms with E-state index in [2.05, 4.69) is 40.2 Å². The normalized spacial score (nSPS) is 17.6. The number of ether oxygens (including phenoxy) is 1. The van der Waals surface area contributed by atoms with Crippen LogP contribution in [0.15, 0.2) is 47.6 Å². The van der Waals surface area contributed by atoms with Gasteiger partial charge in [-0.3, -0.25) is 14.5 Å². The summed E-state index contributed by atoms with van der Waals surface area (Å²) in [4.78, 5) is 29.1. The largest absolute Gasteiger partial charge is 0.508 e. The van der Waals surface area contributed by atoms with Gasteiger partial charge in [-0.15, -0.1) is 6.42 Å². The van der Waals surface area contributed by atoms with E-state index in [1.54, 1.807) is 32.1 Å². The van der Waals surface area contributed by atoms with Gasteiger partial charge in [0.15, 0.2) is 0 Å². The summed E-state index contributed by atoms with van der Waals surface area (Å²) in [5.74, 6) is 2.51. The predicted molar refractivity (Wildman–Crippen MR) is 152 cm³/mol. The van der Waals surface area contributed by atoms with Gasteiger partial charge in [0.25, 0.3) is 0 Å². The molecule has 0 radical (unpaired) electrons. The van der Waals surface area contributed by atoms with Crippen LogP contribution in [-0.4, -0.2) is 85.2 Å². The quantitative estimate of drug-likeness (QED) is 0.113. The monoisotopic (exact) mass is 524 g/mol. The Morgan fingerprint density at radius 1 is 1.37 bits per heavy atom. The molecule has 2 rings (SSSR count). The Bertz CT molecular complexity index is 1010. The van der Waals surface area contributed by atoms with E-state index in [9.17, 15) is 14.7 Å². The molecular weight excluding hydrogens is 480 g/mol. The molecule has 0 aromatic heterocycles. The molecule has 0 bridgehead atoms. The second-order valence-electron chi connectivity index (χ2n) is 9.53. The first kappa shape index (κ1) is 31.1. The van der Waals surface area contributed by atoms with Crippen LogP contribution in [0.4, 0.5) is 0 Å². The molecule has 1 aliphatic rings. The number of allylic oxidation sites excluding steroid dienone is 1. The third-order valence-corrected chi connectivity index (χ3v) is 6.70. The molecule has 1 saturated heterocycles. The molecule has 1 heterocycles. The van der Waals surface area contributed by atoms with Crippen molar-refractivity contribution in [2.24, 2.45) is 0 Å². The number of carbonyl (C=O) groups is 2. The Morgan fingerprint density at radius 2 is 2.16 bits per heavy atom. The number of amides is 1. The van der Waals surface area contributed by atoms with E-state index in [4.69, 9.17) is 11.2 Å². The molecule has 38 heavy (non-hydrogen) atoms. The van der Waals surface area contributed by atoms with Crippen molar-refractivity contribution in [2.75, 3.05) is 52.4 Å². The molecule has 2 unspecified atom stereocenters. The van der Waals surface area contributed by atoms with Crippen LogP contribution < -0.4 is 10.6 Å². The number of aromatic hydroxyl groups is 1. The summed E-state index contributed by atoms with van der Waals surface area (Å²) in [6.45, 7) is 13.5. The van der Waals surface area contributed by atoms with Crippen molar-refractivity contribution in [3.05, 3.63) is 53.1 Å². The average molecular weight is 525 g/mol. The number of phenolic OH excluding ortho intramolecular Hbond substituents is 1. The maximum Gasteiger partial charge on any atom is 0.307 e. The highest BCUT2D eigenvalue weighted by Gasteiger charge is 2.29. The number of nitrogens with zero attached hydrogens (tertiary/aromatic N) is 2. The minimum atomic E-state index is -0.199. The fourth-order valence-corrected chi connectivity index (χ4v) is 4.68. The number of nitrogens with one attached hydrogen (secondary N) is 2. The predicted octanol–water partition coefficient (Wildman–Crippen LogP) is 3.01. The Labute approximate surface area is 228 Å². The molecule has 1 fully saturated rings. The zero-order chi connectivity index (χ0) is 27.9. The minimum absolute atomic E-state index is 0.148. The molecule has 1 amide bonds. The van der Waals surface area contributed by atoms with Crippen molar-refractivity contribution < 1.29 is 19.4 Å². The van der Waals surface area contributed by atoms with Crippen molar-refractivity contribution in [3.8, 4) is 18.1 Å². The third kappa shape index (κ3) is 9.97. The number of benzene rings is 1. The standard InChI is InChI=1S/C30H44N4O4/c1-6-11-25(29(26-12-9-13-27(35)21-26)34-19-16-31-22-24(34)5)20-23(4)30(37)32-15-10-17-33(7-2)18-14-28(36)38-8-3/h1,9,11-13,20-21,24,29,31,35H,7-8,10,14-19,22H2,2-5H3,(H,32,37)/b23-20+,25-11+. The van der Waals surface area contributed by atoms with Gasteiger partial charge >= 0.3 is 5.97 Å². The number of terminal acetylenes is 1. The fourth-order valence-electron chi connectivity index (χ4n) is 4.68. The zero-order valence-corrected chi connectivity index (χ0v) is 23.3. The highest BCUT2D eigenvalue weighted by molar-refractivity contribution is 5.93. The summed E-state index contributed by atoms with van der Waals surface area (Å²) in [5, 5.41) is 16.6. The van der Waals surface area contributed by atoms with Crippen molar-refractivity contribution in [1.29, 1.82) is 0 Å². The number of esters is 1. The van der Waals surface area contributed by atoms with Gasteiger partial charge in [-0.25, -0.2) is 0 Å². The number of carbonyl (C=O) groups excluding carboxylic acids is 2. The first-order valence-electron chi connectivity index (χ1n) is 13.6. The average Bonchev–Trinajstić information content (AvgIpc) is 2.89. The van der Waals surface area contributed by atoms with Gasteiger partial charge in [-0.1, -0.05) is 25.0 Å². The summed E-state index contributed by atoms with van der Waals surface area (Å²) in [6, 6.07) is 7.26. The van der Waals surface area contributed by atoms with E-state index in [-0.39, 0.29) is 29.7 Å². The molecule has 0 spiro atoms. The molecule has 2 atom stereocenters. The lowest BCUT2D eigenvalue weighted by Crippen LogP contribution is -2.51. The highest BCUT2D eigenvalue weighted by Crippen LogP contribution is 2.33. The molecule has 8 heteroatoms. The number of phenols is 1. The van der Waals surface area contributed by atoms with Gasteiger partial charge in [0, 0.05) is 44.3 Å². The second-order valence-corrected chi connectivity index (χ2v) is 9.53. The van der Waals surface area contributed by atoms with E-state index in [0.29, 0.717) is 31.7 Å². The van der Waals surface area contributed by atoms with Gasteiger partial charge in [0.1, 0.15) is 5.75 Å². The first-order valence-corrected chi connectivity index (χ1v) is 13.6. The maximum atomic E-state index is 12.9. The number of piperazine rings is 1. The van der Waals surface area contributed by atoms with Crippen LogP contribution >= 0.6 is 0 Å². The van der Waals surface area contributed by atoms with E-state index >= 15 is 0 Å². The van der Waals surface area contributed by atoms with Gasteiger partial charge < -0.3 is 25.4 Å². The van der Waals surface area contributed by atoms with Crippen molar-refractivity contribution >= 4 is 11.9 Å². The Hall–Kier alpha value is -3.12. The first-order chi connectivity index (χ1) is 18.3. The molecule has 0 aliphatic carbocycles. The van der Waals surface area contributed by atoms with E-state index in [0.717, 1.165) is 50.3 Å². The van der Waals surface area contributed by atoms with E-state index in [1.165, 1.54) is 0 Å². The summed E-state index contributed by atoms with van der Waals surface area (Å²) < 4.78 is 5.00. The number of rotatable bonds is 14. The maximum absolute atomic E-state index is 12.9. The van der Waals surface area contributed by atoms with Crippen LogP contribution in [0.2, 0.25) is 0 Å². The molecule has 208 valence electrons. The van der Waals surface area contributed by atoms with Gasteiger partial charge in [-0.2, -0.15) is 0 Å². The Kier molecular flexibility index (Phi) is 13.6. The Morgan fingerprint density at radius 3 is 2.82 bits per heavy atom. The highest BCUT2D eigenvalue weighted by atomic mass is 16.5. The molecule has 3 N–H and O–H groups in total. The topological polar surface area (TPSA) is 94.1 Å². The van der Waals surface area contributed by atoms with Crippen LogP contribution in [0.3, 0.4) is 0 Å². The summed E-state index contributed by atoms with van der Waals surface area (Å²) in [5.41, 5.74) is 2.32. The summed E-state index contributed by atoms with van der Waals surface area (Å²) in [6.07, 6.45) is 10.4. The van der Waals surface area contributed by atoms with Crippen LogP contribution in [0.25, 0.3) is 0 Å². The van der Waals surface area contributed by atoms with E-state index < -0.39 is 0 Å². The van der Waals surface area contributed by atoms with Crippen molar-refractivity contribution in [2.45, 2.75) is 52.6 Å². The van der Waals surface area contributed by atoms with Crippen molar-refractivity contribution in [3.63, 3.8) is 0 Å². The van der Waals surface area contributed by atoms with Crippen LogP contribution in [-0.2, 0) is 14.3 Å². The number of hydrogen-bond donors (Lipinski definition) is 3. The Balaban J connectivity index is 2.08. The molecule has 1 aliphatic heterocycles. The van der Waals surface area contributed by atoms with Crippen LogP contribution in [0, 0.1) is 12.3 Å². The summed E-state index contributed by atoms with van der Waals surface area (Å²) >= 11 is 0. The lowest BCUT2D eigenvalue weighted by atomic mass is 9.92. The molecule has 1 aromatic carbocycles. The fraction of sp³-hybridized carbons (Fsp3) is 0.533. The lowest BCUT2D eigenvalue weighted by Gasteiger charge is -2.41. The van der Waals surface area contributed by atoms with Crippen LogP contribution in [0.1, 0.15) is 52.1 Å².